The number of nitrogens with two attached hydrogens (primary N) is 1. The third-order valence-corrected chi connectivity index (χ3v) is 4.24. The van der Waals surface area contributed by atoms with Crippen molar-refractivity contribution in [1.82, 2.24) is 9.78 Å². The molecule has 1 aromatic heterocycles. The third-order valence-electron chi connectivity index (χ3n) is 4.24. The summed E-state index contributed by atoms with van der Waals surface area (Å²) in [5, 5.41) is 15.5. The number of hydrogen-bond donors (Lipinski definition) is 1. The average molecular weight is 376 g/mol. The van der Waals surface area contributed by atoms with Crippen molar-refractivity contribution >= 4 is 11.7 Å². The van der Waals surface area contributed by atoms with Gasteiger partial charge in [-0.2, -0.15) is 5.10 Å². The van der Waals surface area contributed by atoms with Crippen LogP contribution in [-0.2, 0) is 22.5 Å². The Morgan fingerprint density at radius 3 is 2.67 bits per heavy atom. The molecule has 0 radical (unpaired) electrons. The first-order chi connectivity index (χ1) is 12.8. The van der Waals surface area contributed by atoms with Crippen LogP contribution in [0.25, 0.3) is 0 Å². The van der Waals surface area contributed by atoms with Gasteiger partial charge in [-0.3, -0.25) is 19.6 Å². The highest BCUT2D eigenvalue weighted by Crippen LogP contribution is 2.26. The second-order valence-corrected chi connectivity index (χ2v) is 6.14. The van der Waals surface area contributed by atoms with Crippen LogP contribution in [0.15, 0.2) is 18.2 Å². The largest absolute Gasteiger partial charge is 0.496 e. The molecule has 0 aliphatic heterocycles. The van der Waals surface area contributed by atoms with E-state index in [4.69, 9.17) is 15.2 Å². The minimum Gasteiger partial charge on any atom is -0.496 e. The van der Waals surface area contributed by atoms with E-state index < -0.39 is 16.9 Å². The van der Waals surface area contributed by atoms with Gasteiger partial charge in [0.1, 0.15) is 23.2 Å². The van der Waals surface area contributed by atoms with Crippen molar-refractivity contribution in [2.24, 2.45) is 5.73 Å². The zero-order valence-corrected chi connectivity index (χ0v) is 15.9. The molecule has 9 nitrogen and oxygen atoms in total. The zero-order valence-electron chi connectivity index (χ0n) is 15.9. The number of benzene rings is 1. The van der Waals surface area contributed by atoms with Gasteiger partial charge in [-0.15, -0.1) is 0 Å². The topological polar surface area (TPSA) is 123 Å². The Labute approximate surface area is 157 Å². The van der Waals surface area contributed by atoms with E-state index in [-0.39, 0.29) is 12.3 Å². The van der Waals surface area contributed by atoms with E-state index in [0.29, 0.717) is 30.1 Å². The molecule has 0 saturated carbocycles. The first kappa shape index (κ1) is 20.4. The van der Waals surface area contributed by atoms with Gasteiger partial charge in [0.05, 0.1) is 25.2 Å². The van der Waals surface area contributed by atoms with Gasteiger partial charge in [0.15, 0.2) is 0 Å². The maximum absolute atomic E-state index is 11.7. The van der Waals surface area contributed by atoms with Gasteiger partial charge in [-0.25, -0.2) is 0 Å². The predicted molar refractivity (Wildman–Crippen MR) is 98.8 cm³/mol. The Morgan fingerprint density at radius 2 is 2.11 bits per heavy atom. The summed E-state index contributed by atoms with van der Waals surface area (Å²) in [6, 6.07) is 4.70. The van der Waals surface area contributed by atoms with Crippen LogP contribution in [0.3, 0.4) is 0 Å². The molecule has 1 aromatic carbocycles. The fourth-order valence-corrected chi connectivity index (χ4v) is 2.94. The van der Waals surface area contributed by atoms with Gasteiger partial charge in [0.25, 0.3) is 0 Å². The van der Waals surface area contributed by atoms with Crippen molar-refractivity contribution in [2.45, 2.75) is 39.8 Å². The van der Waals surface area contributed by atoms with Crippen molar-refractivity contribution in [3.63, 3.8) is 0 Å². The summed E-state index contributed by atoms with van der Waals surface area (Å²) in [4.78, 5) is 22.5. The van der Waals surface area contributed by atoms with E-state index in [2.05, 4.69) is 5.10 Å². The molecule has 2 rings (SSSR count). The van der Waals surface area contributed by atoms with Crippen molar-refractivity contribution in [3.05, 3.63) is 50.8 Å². The molecule has 1 heterocycles. The molecule has 0 aliphatic carbocycles. The monoisotopic (exact) mass is 376 g/mol. The van der Waals surface area contributed by atoms with Gasteiger partial charge >= 0.3 is 11.7 Å². The number of esters is 1. The second kappa shape index (κ2) is 8.63. The smallest absolute Gasteiger partial charge is 0.323 e. The molecular formula is C18H24N4O5. The number of carbonyl (C=O) groups excluding carboxylic acids is 1. The molecule has 9 heteroatoms. The highest BCUT2D eigenvalue weighted by Gasteiger charge is 2.22. The summed E-state index contributed by atoms with van der Waals surface area (Å²) >= 11 is 0. The number of carbonyl (C=O) groups is 1. The molecular weight excluding hydrogens is 352 g/mol. The van der Waals surface area contributed by atoms with E-state index in [1.54, 1.807) is 38.6 Å². The van der Waals surface area contributed by atoms with Crippen LogP contribution in [0.4, 0.5) is 5.69 Å². The minimum absolute atomic E-state index is 0.00875. The standard InChI is InChI=1S/C18H24N4O5/c1-5-27-18(23)15(19)9-13-6-7-16(26-4)14(8-13)10-21-12(3)17(22(24)25)11(2)20-21/h6-8,15H,5,9-10,19H2,1-4H3. The van der Waals surface area contributed by atoms with Crippen LogP contribution in [0.2, 0.25) is 0 Å². The van der Waals surface area contributed by atoms with Crippen LogP contribution < -0.4 is 10.5 Å². The molecule has 146 valence electrons. The van der Waals surface area contributed by atoms with Gasteiger partial charge < -0.3 is 15.2 Å². The van der Waals surface area contributed by atoms with Gasteiger partial charge in [-0.1, -0.05) is 12.1 Å². The molecule has 0 saturated heterocycles. The highest BCUT2D eigenvalue weighted by atomic mass is 16.6. The van der Waals surface area contributed by atoms with Gasteiger partial charge in [0, 0.05) is 5.56 Å². The normalized spacial score (nSPS) is 11.9. The fraction of sp³-hybridized carbons (Fsp3) is 0.444. The van der Waals surface area contributed by atoms with Crippen molar-refractivity contribution in [1.29, 1.82) is 0 Å². The number of methoxy groups -OCH3 is 1. The lowest BCUT2D eigenvalue weighted by Gasteiger charge is -2.14. The molecule has 1 atom stereocenters. The summed E-state index contributed by atoms with van der Waals surface area (Å²) < 4.78 is 11.9. The number of aryl methyl sites for hydroxylation is 1. The maximum Gasteiger partial charge on any atom is 0.323 e. The van der Waals surface area contributed by atoms with E-state index in [1.807, 2.05) is 12.1 Å². The summed E-state index contributed by atoms with van der Waals surface area (Å²) in [6.45, 7) is 5.56. The minimum atomic E-state index is -0.763. The van der Waals surface area contributed by atoms with Crippen LogP contribution >= 0.6 is 0 Å². The van der Waals surface area contributed by atoms with Crippen molar-refractivity contribution in [3.8, 4) is 5.75 Å². The summed E-state index contributed by atoms with van der Waals surface area (Å²) in [5.74, 6) is 0.169. The molecule has 27 heavy (non-hydrogen) atoms. The van der Waals surface area contributed by atoms with Crippen LogP contribution in [0.1, 0.15) is 29.4 Å². The summed E-state index contributed by atoms with van der Waals surface area (Å²) in [6.07, 6.45) is 0.313. The molecule has 0 bridgehead atoms. The van der Waals surface area contributed by atoms with Crippen LogP contribution in [0, 0.1) is 24.0 Å². The predicted octanol–water partition coefficient (Wildman–Crippen LogP) is 1.90. The Bertz CT molecular complexity index is 847. The number of nitro groups is 1. The molecule has 0 fully saturated rings. The quantitative estimate of drug-likeness (QED) is 0.424. The van der Waals surface area contributed by atoms with Gasteiger partial charge in [-0.05, 0) is 38.8 Å². The first-order valence-corrected chi connectivity index (χ1v) is 8.54. The number of rotatable bonds is 8. The third kappa shape index (κ3) is 4.62. The number of nitrogens with zero attached hydrogens (tertiary/aromatic N) is 3. The molecule has 0 spiro atoms. The van der Waals surface area contributed by atoms with E-state index >= 15 is 0 Å². The molecule has 2 aromatic rings. The lowest BCUT2D eigenvalue weighted by molar-refractivity contribution is -0.386. The number of hydrogen-bond acceptors (Lipinski definition) is 7. The number of aromatic nitrogens is 2. The molecule has 0 aliphatic rings. The van der Waals surface area contributed by atoms with E-state index in [9.17, 15) is 14.9 Å². The molecule has 1 unspecified atom stereocenters. The molecule has 2 N–H and O–H groups in total. The SMILES string of the molecule is CCOC(=O)C(N)Cc1ccc(OC)c(Cn2nc(C)c([N+](=O)[O-])c2C)c1. The van der Waals surface area contributed by atoms with Crippen molar-refractivity contribution in [2.75, 3.05) is 13.7 Å². The maximum atomic E-state index is 11.7. The zero-order chi connectivity index (χ0) is 20.1. The lowest BCUT2D eigenvalue weighted by atomic mass is 10.0. The van der Waals surface area contributed by atoms with E-state index in [0.717, 1.165) is 11.1 Å². The Kier molecular flexibility index (Phi) is 6.51. The first-order valence-electron chi connectivity index (χ1n) is 8.54. The fourth-order valence-electron chi connectivity index (χ4n) is 2.94. The average Bonchev–Trinajstić information content (AvgIpc) is 2.89. The van der Waals surface area contributed by atoms with Gasteiger partial charge in [0.2, 0.25) is 0 Å². The second-order valence-electron chi connectivity index (χ2n) is 6.14. The summed E-state index contributed by atoms with van der Waals surface area (Å²) in [7, 11) is 1.55. The lowest BCUT2D eigenvalue weighted by Crippen LogP contribution is -2.34. The van der Waals surface area contributed by atoms with E-state index in [1.165, 1.54) is 0 Å². The van der Waals surface area contributed by atoms with Crippen molar-refractivity contribution < 1.29 is 19.2 Å². The number of ether oxygens (including phenoxy) is 2. The Morgan fingerprint density at radius 1 is 1.41 bits per heavy atom. The Balaban J connectivity index is 2.30. The summed E-state index contributed by atoms with van der Waals surface area (Å²) in [5.41, 5.74) is 8.34. The highest BCUT2D eigenvalue weighted by molar-refractivity contribution is 5.75. The van der Waals surface area contributed by atoms with Crippen LogP contribution in [0.5, 0.6) is 5.75 Å². The Hall–Kier alpha value is -2.94. The van der Waals surface area contributed by atoms with Crippen LogP contribution in [-0.4, -0.2) is 40.4 Å². The molecule has 0 amide bonds.